The van der Waals surface area contributed by atoms with Gasteiger partial charge >= 0.3 is 0 Å². The van der Waals surface area contributed by atoms with Gasteiger partial charge in [-0.25, -0.2) is 8.42 Å². The van der Waals surface area contributed by atoms with Crippen molar-refractivity contribution in [2.45, 2.75) is 43.5 Å². The van der Waals surface area contributed by atoms with Crippen LogP contribution in [0.25, 0.3) is 0 Å². The Kier molecular flexibility index (Phi) is 5.08. The molecular formula is C14H20Cl2N2O2S. The summed E-state index contributed by atoms with van der Waals surface area (Å²) in [5, 5.41) is 0.390. The molecule has 1 aliphatic carbocycles. The van der Waals surface area contributed by atoms with E-state index in [0.29, 0.717) is 10.9 Å². The number of nitrogens with two attached hydrogens (primary N) is 1. The lowest BCUT2D eigenvalue weighted by atomic mass is 9.87. The standard InChI is InChI=1S/C14H20Cl2N2O2S/c1-9-3-5-11(6-4-9)18(2)21(19,20)14-12(16)7-10(15)8-13(14)17/h7-9,11H,3-6,17H2,1-2H3. The number of nitrogens with zero attached hydrogens (tertiary/aromatic N) is 1. The lowest BCUT2D eigenvalue weighted by molar-refractivity contribution is 0.246. The van der Waals surface area contributed by atoms with Crippen molar-refractivity contribution in [1.29, 1.82) is 0 Å². The molecule has 1 aromatic rings. The highest BCUT2D eigenvalue weighted by molar-refractivity contribution is 7.89. The number of benzene rings is 1. The maximum atomic E-state index is 12.8. The van der Waals surface area contributed by atoms with Crippen LogP contribution in [0, 0.1) is 5.92 Å². The molecule has 4 nitrogen and oxygen atoms in total. The van der Waals surface area contributed by atoms with Crippen molar-refractivity contribution in [3.05, 3.63) is 22.2 Å². The smallest absolute Gasteiger partial charge is 0.246 e. The van der Waals surface area contributed by atoms with Gasteiger partial charge in [0, 0.05) is 18.1 Å². The molecular weight excluding hydrogens is 331 g/mol. The van der Waals surface area contributed by atoms with Gasteiger partial charge in [-0.1, -0.05) is 30.1 Å². The Balaban J connectivity index is 2.34. The molecule has 0 aromatic heterocycles. The second-order valence-corrected chi connectivity index (χ2v) is 8.52. The molecule has 0 spiro atoms. The summed E-state index contributed by atoms with van der Waals surface area (Å²) in [5.74, 6) is 0.654. The highest BCUT2D eigenvalue weighted by atomic mass is 35.5. The average molecular weight is 351 g/mol. The zero-order chi connectivity index (χ0) is 15.8. The van der Waals surface area contributed by atoms with E-state index in [9.17, 15) is 8.42 Å². The Morgan fingerprint density at radius 2 is 1.76 bits per heavy atom. The lowest BCUT2D eigenvalue weighted by Gasteiger charge is -2.33. The van der Waals surface area contributed by atoms with E-state index in [2.05, 4.69) is 6.92 Å². The quantitative estimate of drug-likeness (QED) is 0.843. The maximum absolute atomic E-state index is 12.8. The molecule has 0 amide bonds. The van der Waals surface area contributed by atoms with Crippen molar-refractivity contribution in [3.63, 3.8) is 0 Å². The van der Waals surface area contributed by atoms with E-state index in [4.69, 9.17) is 28.9 Å². The normalized spacial score (nSPS) is 23.5. The number of halogens is 2. The van der Waals surface area contributed by atoms with Gasteiger partial charge in [0.25, 0.3) is 0 Å². The number of anilines is 1. The van der Waals surface area contributed by atoms with Gasteiger partial charge in [-0.15, -0.1) is 0 Å². The molecule has 0 aliphatic heterocycles. The zero-order valence-electron chi connectivity index (χ0n) is 12.1. The average Bonchev–Trinajstić information content (AvgIpc) is 2.37. The minimum Gasteiger partial charge on any atom is -0.398 e. The molecule has 21 heavy (non-hydrogen) atoms. The van der Waals surface area contributed by atoms with Crippen LogP contribution in [-0.2, 0) is 10.0 Å². The van der Waals surface area contributed by atoms with E-state index >= 15 is 0 Å². The first-order chi connectivity index (χ1) is 9.73. The van der Waals surface area contributed by atoms with Crippen LogP contribution in [0.2, 0.25) is 10.0 Å². The minimum atomic E-state index is -3.72. The summed E-state index contributed by atoms with van der Waals surface area (Å²) in [6.45, 7) is 2.19. The molecule has 0 unspecified atom stereocenters. The van der Waals surface area contributed by atoms with Crippen molar-refractivity contribution in [2.75, 3.05) is 12.8 Å². The van der Waals surface area contributed by atoms with Crippen LogP contribution in [0.15, 0.2) is 17.0 Å². The second kappa shape index (κ2) is 6.32. The molecule has 118 valence electrons. The summed E-state index contributed by atoms with van der Waals surface area (Å²) < 4.78 is 27.0. The topological polar surface area (TPSA) is 63.4 Å². The molecule has 0 bridgehead atoms. The fourth-order valence-corrected chi connectivity index (χ4v) is 5.15. The Bertz CT molecular complexity index is 603. The van der Waals surface area contributed by atoms with Crippen molar-refractivity contribution >= 4 is 38.9 Å². The van der Waals surface area contributed by atoms with Gasteiger partial charge in [0.15, 0.2) is 0 Å². The van der Waals surface area contributed by atoms with Crippen LogP contribution in [0.1, 0.15) is 32.6 Å². The molecule has 0 atom stereocenters. The summed E-state index contributed by atoms with van der Waals surface area (Å²) in [6, 6.07) is 2.82. The van der Waals surface area contributed by atoms with Gasteiger partial charge in [0.1, 0.15) is 4.90 Å². The van der Waals surface area contributed by atoms with Crippen molar-refractivity contribution < 1.29 is 8.42 Å². The Hall–Kier alpha value is -0.490. The van der Waals surface area contributed by atoms with E-state index < -0.39 is 10.0 Å². The van der Waals surface area contributed by atoms with Gasteiger partial charge in [-0.05, 0) is 43.7 Å². The van der Waals surface area contributed by atoms with E-state index in [1.165, 1.54) is 16.4 Å². The third kappa shape index (κ3) is 3.47. The number of hydrogen-bond donors (Lipinski definition) is 1. The van der Waals surface area contributed by atoms with Crippen LogP contribution in [0.5, 0.6) is 0 Å². The van der Waals surface area contributed by atoms with E-state index in [-0.39, 0.29) is 21.6 Å². The van der Waals surface area contributed by atoms with E-state index in [1.807, 2.05) is 0 Å². The van der Waals surface area contributed by atoms with Gasteiger partial charge in [-0.3, -0.25) is 0 Å². The van der Waals surface area contributed by atoms with Crippen molar-refractivity contribution in [3.8, 4) is 0 Å². The Morgan fingerprint density at radius 1 is 1.19 bits per heavy atom. The first kappa shape index (κ1) is 16.9. The summed E-state index contributed by atoms with van der Waals surface area (Å²) >= 11 is 11.9. The van der Waals surface area contributed by atoms with Crippen LogP contribution in [0.3, 0.4) is 0 Å². The second-order valence-electron chi connectivity index (χ2n) is 5.74. The van der Waals surface area contributed by atoms with Gasteiger partial charge in [0.2, 0.25) is 10.0 Å². The Labute approximate surface area is 136 Å². The van der Waals surface area contributed by atoms with Crippen LogP contribution >= 0.6 is 23.2 Å². The fourth-order valence-electron chi connectivity index (χ4n) is 2.80. The molecule has 0 heterocycles. The Morgan fingerprint density at radius 3 is 2.29 bits per heavy atom. The molecule has 2 N–H and O–H groups in total. The highest BCUT2D eigenvalue weighted by Crippen LogP contribution is 2.35. The molecule has 1 aliphatic rings. The summed E-state index contributed by atoms with van der Waals surface area (Å²) in [4.78, 5) is -0.0466. The molecule has 1 saturated carbocycles. The van der Waals surface area contributed by atoms with E-state index in [0.717, 1.165) is 25.7 Å². The van der Waals surface area contributed by atoms with Gasteiger partial charge in [0.05, 0.1) is 10.7 Å². The van der Waals surface area contributed by atoms with Crippen molar-refractivity contribution in [2.24, 2.45) is 5.92 Å². The van der Waals surface area contributed by atoms with Gasteiger partial charge in [-0.2, -0.15) is 4.31 Å². The zero-order valence-corrected chi connectivity index (χ0v) is 14.5. The third-order valence-electron chi connectivity index (χ3n) is 4.17. The summed E-state index contributed by atoms with van der Waals surface area (Å²) in [7, 11) is -2.12. The summed E-state index contributed by atoms with van der Waals surface area (Å²) in [5.41, 5.74) is 5.91. The van der Waals surface area contributed by atoms with Crippen molar-refractivity contribution in [1.82, 2.24) is 4.31 Å². The SMILES string of the molecule is CC1CCC(N(C)S(=O)(=O)c2c(N)cc(Cl)cc2Cl)CC1. The fraction of sp³-hybridized carbons (Fsp3) is 0.571. The largest absolute Gasteiger partial charge is 0.398 e. The number of rotatable bonds is 3. The number of nitrogen functional groups attached to an aromatic ring is 1. The number of sulfonamides is 1. The highest BCUT2D eigenvalue weighted by Gasteiger charge is 2.33. The molecule has 0 radical (unpaired) electrons. The first-order valence-electron chi connectivity index (χ1n) is 6.96. The molecule has 2 rings (SSSR count). The first-order valence-corrected chi connectivity index (χ1v) is 9.15. The predicted molar refractivity (Wildman–Crippen MR) is 87.2 cm³/mol. The summed E-state index contributed by atoms with van der Waals surface area (Å²) in [6.07, 6.45) is 3.80. The molecule has 1 aromatic carbocycles. The monoisotopic (exact) mass is 350 g/mol. The predicted octanol–water partition coefficient (Wildman–Crippen LogP) is 3.77. The van der Waals surface area contributed by atoms with E-state index in [1.54, 1.807) is 7.05 Å². The molecule has 1 fully saturated rings. The third-order valence-corrected chi connectivity index (χ3v) is 6.83. The van der Waals surface area contributed by atoms with Crippen LogP contribution in [-0.4, -0.2) is 25.8 Å². The lowest BCUT2D eigenvalue weighted by Crippen LogP contribution is -2.39. The van der Waals surface area contributed by atoms with Gasteiger partial charge < -0.3 is 5.73 Å². The van der Waals surface area contributed by atoms with Crippen LogP contribution < -0.4 is 5.73 Å². The van der Waals surface area contributed by atoms with Crippen LogP contribution in [0.4, 0.5) is 5.69 Å². The number of hydrogen-bond acceptors (Lipinski definition) is 3. The maximum Gasteiger partial charge on any atom is 0.246 e. The molecule has 0 saturated heterocycles. The molecule has 7 heteroatoms. The minimum absolute atomic E-state index is 0.00246.